The Morgan fingerprint density at radius 1 is 1.53 bits per heavy atom. The lowest BCUT2D eigenvalue weighted by molar-refractivity contribution is 0.719. The number of aromatic amines is 1. The number of alkyl halides is 1. The van der Waals surface area contributed by atoms with Crippen molar-refractivity contribution in [1.29, 1.82) is 0 Å². The fraction of sp³-hybridized carbons (Fsp3) is 0.500. The monoisotopic (exact) mass is 253 g/mol. The van der Waals surface area contributed by atoms with Gasteiger partial charge in [0.1, 0.15) is 5.82 Å². The molecule has 3 heterocycles. The van der Waals surface area contributed by atoms with Crippen LogP contribution in [0, 0.1) is 0 Å². The molecule has 2 aromatic rings. The van der Waals surface area contributed by atoms with Crippen molar-refractivity contribution in [3.05, 3.63) is 22.6 Å². The summed E-state index contributed by atoms with van der Waals surface area (Å²) in [5.41, 5.74) is 0.212. The number of halogens is 1. The maximum Gasteiger partial charge on any atom is 0.364 e. The number of rotatable bonds is 2. The van der Waals surface area contributed by atoms with Crippen LogP contribution in [0.25, 0.3) is 5.65 Å². The van der Waals surface area contributed by atoms with Crippen LogP contribution in [0.1, 0.15) is 12.8 Å². The number of hydrogen-bond acceptors (Lipinski definition) is 4. The highest BCUT2D eigenvalue weighted by molar-refractivity contribution is 6.18. The molecule has 3 rings (SSSR count). The predicted octanol–water partition coefficient (Wildman–Crippen LogP) is 0.625. The third kappa shape index (κ3) is 1.68. The number of hydrogen-bond donors (Lipinski definition) is 1. The molecule has 0 aliphatic carbocycles. The van der Waals surface area contributed by atoms with Gasteiger partial charge in [-0.25, -0.2) is 9.89 Å². The van der Waals surface area contributed by atoms with Crippen LogP contribution in [0.4, 0.5) is 5.82 Å². The maximum absolute atomic E-state index is 11.4. The van der Waals surface area contributed by atoms with Crippen molar-refractivity contribution in [1.82, 2.24) is 19.8 Å². The number of fused-ring (bicyclic) bond motifs is 1. The van der Waals surface area contributed by atoms with Gasteiger partial charge in [-0.1, -0.05) is 0 Å². The van der Waals surface area contributed by atoms with E-state index in [0.717, 1.165) is 25.2 Å². The second-order valence-corrected chi connectivity index (χ2v) is 4.44. The molecular formula is C10H12ClN5O. The summed E-state index contributed by atoms with van der Waals surface area (Å²) in [7, 11) is 0. The lowest BCUT2D eigenvalue weighted by Gasteiger charge is -2.23. The lowest BCUT2D eigenvalue weighted by Crippen LogP contribution is -2.32. The van der Waals surface area contributed by atoms with Crippen molar-refractivity contribution in [2.75, 3.05) is 17.3 Å². The van der Waals surface area contributed by atoms with Crippen molar-refractivity contribution in [3.8, 4) is 0 Å². The number of aromatic nitrogens is 4. The van der Waals surface area contributed by atoms with E-state index in [4.69, 9.17) is 11.6 Å². The lowest BCUT2D eigenvalue weighted by atomic mass is 10.2. The highest BCUT2D eigenvalue weighted by atomic mass is 35.5. The largest absolute Gasteiger partial charge is 0.364 e. The zero-order valence-corrected chi connectivity index (χ0v) is 9.89. The van der Waals surface area contributed by atoms with E-state index >= 15 is 0 Å². The van der Waals surface area contributed by atoms with Crippen molar-refractivity contribution < 1.29 is 0 Å². The van der Waals surface area contributed by atoms with E-state index in [1.165, 1.54) is 4.52 Å². The van der Waals surface area contributed by atoms with Gasteiger partial charge in [-0.05, 0) is 25.0 Å². The first kappa shape index (κ1) is 10.6. The van der Waals surface area contributed by atoms with Gasteiger partial charge >= 0.3 is 5.69 Å². The Bertz CT molecular complexity index is 592. The number of nitrogens with one attached hydrogen (secondary N) is 1. The molecule has 6 nitrogen and oxygen atoms in total. The zero-order chi connectivity index (χ0) is 11.8. The van der Waals surface area contributed by atoms with Gasteiger partial charge in [0.15, 0.2) is 5.65 Å². The van der Waals surface area contributed by atoms with Gasteiger partial charge < -0.3 is 4.90 Å². The summed E-state index contributed by atoms with van der Waals surface area (Å²) in [5, 5.41) is 10.5. The van der Waals surface area contributed by atoms with E-state index in [2.05, 4.69) is 20.2 Å². The van der Waals surface area contributed by atoms with Crippen LogP contribution in [0.5, 0.6) is 0 Å². The number of anilines is 1. The van der Waals surface area contributed by atoms with E-state index in [9.17, 15) is 4.79 Å². The fourth-order valence-electron chi connectivity index (χ4n) is 2.24. The second-order valence-electron chi connectivity index (χ2n) is 4.13. The summed E-state index contributed by atoms with van der Waals surface area (Å²) < 4.78 is 1.28. The van der Waals surface area contributed by atoms with Gasteiger partial charge in [-0.3, -0.25) is 0 Å². The molecule has 0 amide bonds. The smallest absolute Gasteiger partial charge is 0.351 e. The molecule has 0 bridgehead atoms. The molecule has 1 saturated heterocycles. The number of H-pyrrole nitrogens is 1. The third-order valence-electron chi connectivity index (χ3n) is 3.11. The summed E-state index contributed by atoms with van der Waals surface area (Å²) >= 11 is 5.92. The first-order valence-electron chi connectivity index (χ1n) is 5.56. The molecule has 7 heteroatoms. The Balaban J connectivity index is 2.05. The van der Waals surface area contributed by atoms with E-state index in [0.29, 0.717) is 17.6 Å². The molecule has 17 heavy (non-hydrogen) atoms. The molecular weight excluding hydrogens is 242 g/mol. The topological polar surface area (TPSA) is 66.3 Å². The Hall–Kier alpha value is -1.56. The molecule has 0 aromatic carbocycles. The maximum atomic E-state index is 11.4. The van der Waals surface area contributed by atoms with Crippen molar-refractivity contribution in [3.63, 3.8) is 0 Å². The molecule has 1 aliphatic rings. The minimum absolute atomic E-state index is 0.309. The van der Waals surface area contributed by atoms with Crippen LogP contribution in [0.3, 0.4) is 0 Å². The van der Waals surface area contributed by atoms with Crippen molar-refractivity contribution >= 4 is 23.1 Å². The zero-order valence-electron chi connectivity index (χ0n) is 9.14. The minimum Gasteiger partial charge on any atom is -0.351 e. The first-order valence-corrected chi connectivity index (χ1v) is 6.10. The predicted molar refractivity (Wildman–Crippen MR) is 64.7 cm³/mol. The van der Waals surface area contributed by atoms with Crippen LogP contribution in [-0.4, -0.2) is 38.3 Å². The molecule has 1 fully saturated rings. The summed E-state index contributed by atoms with van der Waals surface area (Å²) in [6.45, 7) is 0.933. The Kier molecular flexibility index (Phi) is 2.51. The molecule has 90 valence electrons. The molecule has 0 spiro atoms. The summed E-state index contributed by atoms with van der Waals surface area (Å²) in [5.74, 6) is 1.36. The average Bonchev–Trinajstić information content (AvgIpc) is 2.96. The fourth-order valence-corrected chi connectivity index (χ4v) is 2.57. The van der Waals surface area contributed by atoms with Crippen LogP contribution in [0.2, 0.25) is 0 Å². The normalized spacial score (nSPS) is 20.3. The molecule has 1 unspecified atom stereocenters. The molecule has 0 radical (unpaired) electrons. The molecule has 1 N–H and O–H groups in total. The summed E-state index contributed by atoms with van der Waals surface area (Å²) in [6.07, 6.45) is 2.18. The van der Waals surface area contributed by atoms with Crippen LogP contribution in [-0.2, 0) is 0 Å². The third-order valence-corrected chi connectivity index (χ3v) is 3.47. The van der Waals surface area contributed by atoms with Gasteiger partial charge in [0.2, 0.25) is 0 Å². The molecule has 1 atom stereocenters. The highest BCUT2D eigenvalue weighted by Crippen LogP contribution is 2.24. The number of nitrogens with zero attached hydrogens (tertiary/aromatic N) is 4. The standard InChI is InChI=1S/C10H12ClN5O/c11-6-7-2-1-5-15(7)9-4-3-8-12-13-10(17)16(8)14-9/h3-4,7H,1-2,5-6H2,(H,13,17). The van der Waals surface area contributed by atoms with Gasteiger partial charge in [0.25, 0.3) is 0 Å². The van der Waals surface area contributed by atoms with E-state index in [1.54, 1.807) is 6.07 Å². The second kappa shape index (κ2) is 4.03. The van der Waals surface area contributed by atoms with Gasteiger partial charge in [0.05, 0.1) is 0 Å². The van der Waals surface area contributed by atoms with E-state index < -0.39 is 0 Å². The Morgan fingerprint density at radius 2 is 2.41 bits per heavy atom. The SMILES string of the molecule is O=c1[nH]nc2ccc(N3CCCC3CCl)nn12. The van der Waals surface area contributed by atoms with Gasteiger partial charge in [-0.2, -0.15) is 9.61 Å². The van der Waals surface area contributed by atoms with Gasteiger partial charge in [-0.15, -0.1) is 16.7 Å². The van der Waals surface area contributed by atoms with Crippen molar-refractivity contribution in [2.24, 2.45) is 0 Å². The highest BCUT2D eigenvalue weighted by Gasteiger charge is 2.25. The van der Waals surface area contributed by atoms with E-state index in [1.807, 2.05) is 6.07 Å². The summed E-state index contributed by atoms with van der Waals surface area (Å²) in [6, 6.07) is 3.97. The Morgan fingerprint density at radius 3 is 3.24 bits per heavy atom. The quantitative estimate of drug-likeness (QED) is 0.797. The van der Waals surface area contributed by atoms with Crippen molar-refractivity contribution in [2.45, 2.75) is 18.9 Å². The first-order chi connectivity index (χ1) is 8.29. The summed E-state index contributed by atoms with van der Waals surface area (Å²) in [4.78, 5) is 13.6. The molecule has 0 saturated carbocycles. The molecule has 2 aromatic heterocycles. The van der Waals surface area contributed by atoms with Crippen LogP contribution in [0.15, 0.2) is 16.9 Å². The minimum atomic E-state index is -0.316. The van der Waals surface area contributed by atoms with Gasteiger partial charge in [0, 0.05) is 18.5 Å². The Labute approximate surface area is 102 Å². The van der Waals surface area contributed by atoms with E-state index in [-0.39, 0.29) is 5.69 Å². The van der Waals surface area contributed by atoms with Crippen LogP contribution >= 0.6 is 11.6 Å². The molecule has 1 aliphatic heterocycles. The average molecular weight is 254 g/mol. The van der Waals surface area contributed by atoms with Crippen LogP contribution < -0.4 is 10.6 Å².